The Morgan fingerprint density at radius 2 is 1.62 bits per heavy atom. The molecule has 0 spiro atoms. The van der Waals surface area contributed by atoms with E-state index < -0.39 is 0 Å². The summed E-state index contributed by atoms with van der Waals surface area (Å²) in [4.78, 5) is 25.3. The zero-order valence-corrected chi connectivity index (χ0v) is 21.2. The van der Waals surface area contributed by atoms with Gasteiger partial charge in [-0.05, 0) is 35.7 Å². The molecule has 7 heteroatoms. The molecule has 0 aliphatic carbocycles. The molecule has 0 aliphatic rings. The van der Waals surface area contributed by atoms with Crippen LogP contribution in [-0.2, 0) is 5.41 Å². The van der Waals surface area contributed by atoms with Crippen LogP contribution in [0.25, 0.3) is 11.0 Å². The highest BCUT2D eigenvalue weighted by atomic mass is 16.5. The quantitative estimate of drug-likeness (QED) is 0.237. The molecular weight excluding hydrogens is 464 g/mol. The minimum Gasteiger partial charge on any atom is -0.481 e. The second-order valence-corrected chi connectivity index (χ2v) is 9.69. The molecule has 0 radical (unpaired) electrons. The van der Waals surface area contributed by atoms with Crippen molar-refractivity contribution in [1.82, 2.24) is 15.0 Å². The first-order chi connectivity index (χ1) is 17.8. The first kappa shape index (κ1) is 24.1. The van der Waals surface area contributed by atoms with E-state index in [1.54, 1.807) is 19.2 Å². The number of rotatable bonds is 7. The maximum Gasteiger partial charge on any atom is 0.246 e. The van der Waals surface area contributed by atoms with Crippen molar-refractivity contribution in [3.63, 3.8) is 0 Å². The first-order valence-electron chi connectivity index (χ1n) is 12.0. The number of imidazole rings is 1. The van der Waals surface area contributed by atoms with E-state index in [1.807, 2.05) is 66.7 Å². The van der Waals surface area contributed by atoms with Gasteiger partial charge in [-0.1, -0.05) is 69.3 Å². The highest BCUT2D eigenvalue weighted by Crippen LogP contribution is 2.37. The summed E-state index contributed by atoms with van der Waals surface area (Å²) >= 11 is 0. The van der Waals surface area contributed by atoms with Gasteiger partial charge in [0, 0.05) is 22.8 Å². The molecule has 0 aliphatic heterocycles. The number of carbonyl (C=O) groups excluding carboxylic acids is 1. The number of ether oxygens (including phenoxy) is 2. The van der Waals surface area contributed by atoms with E-state index in [2.05, 4.69) is 47.1 Å². The van der Waals surface area contributed by atoms with Crippen molar-refractivity contribution < 1.29 is 14.3 Å². The average Bonchev–Trinajstić information content (AvgIpc) is 3.31. The lowest BCUT2D eigenvalue weighted by atomic mass is 9.86. The molecule has 0 atom stereocenters. The van der Waals surface area contributed by atoms with E-state index in [-0.39, 0.29) is 11.2 Å². The molecule has 37 heavy (non-hydrogen) atoms. The van der Waals surface area contributed by atoms with Crippen LogP contribution in [0.5, 0.6) is 17.5 Å². The number of fused-ring (bicyclic) bond motifs is 1. The Balaban J connectivity index is 1.46. The fourth-order valence-electron chi connectivity index (χ4n) is 4.08. The van der Waals surface area contributed by atoms with Crippen LogP contribution in [0.2, 0.25) is 0 Å². The van der Waals surface area contributed by atoms with Gasteiger partial charge in [0.05, 0.1) is 18.1 Å². The van der Waals surface area contributed by atoms with Crippen LogP contribution in [-0.4, -0.2) is 27.8 Å². The first-order valence-corrected chi connectivity index (χ1v) is 12.0. The van der Waals surface area contributed by atoms with Gasteiger partial charge < -0.3 is 19.8 Å². The maximum absolute atomic E-state index is 12.9. The smallest absolute Gasteiger partial charge is 0.246 e. The summed E-state index contributed by atoms with van der Waals surface area (Å²) in [5, 5.41) is 3.28. The van der Waals surface area contributed by atoms with Crippen molar-refractivity contribution in [2.75, 3.05) is 12.4 Å². The number of aromatic amines is 1. The number of ketones is 1. The van der Waals surface area contributed by atoms with Crippen molar-refractivity contribution in [2.45, 2.75) is 26.2 Å². The van der Waals surface area contributed by atoms with E-state index in [0.717, 1.165) is 16.6 Å². The Morgan fingerprint density at radius 1 is 0.865 bits per heavy atom. The standard InChI is InChI=1S/C30H28N4O3/c1-30(2,3)21-12-8-9-13-25(21)37-28-23(16-17-26(34-28)36-4)32-29-31-22-15-14-20(18-24(22)33-29)27(35)19-10-6-5-7-11-19/h5-18H,1-4H3,(H2,31,32,33). The number of nitrogens with zero attached hydrogens (tertiary/aromatic N) is 2. The summed E-state index contributed by atoms with van der Waals surface area (Å²) in [6.07, 6.45) is 0. The topological polar surface area (TPSA) is 89.1 Å². The molecule has 186 valence electrons. The minimum absolute atomic E-state index is 0.0424. The highest BCUT2D eigenvalue weighted by molar-refractivity contribution is 6.10. The zero-order valence-electron chi connectivity index (χ0n) is 21.2. The van der Waals surface area contributed by atoms with E-state index in [0.29, 0.717) is 40.3 Å². The van der Waals surface area contributed by atoms with Crippen molar-refractivity contribution in [3.05, 3.63) is 102 Å². The largest absolute Gasteiger partial charge is 0.481 e. The Morgan fingerprint density at radius 3 is 2.38 bits per heavy atom. The molecule has 5 aromatic rings. The number of methoxy groups -OCH3 is 1. The molecule has 0 fully saturated rings. The second kappa shape index (κ2) is 9.78. The van der Waals surface area contributed by atoms with E-state index in [1.165, 1.54) is 0 Å². The zero-order chi connectivity index (χ0) is 26.0. The van der Waals surface area contributed by atoms with Crippen LogP contribution in [0.15, 0.2) is 84.9 Å². The number of anilines is 2. The Labute approximate surface area is 215 Å². The van der Waals surface area contributed by atoms with Crippen LogP contribution in [0.3, 0.4) is 0 Å². The van der Waals surface area contributed by atoms with Gasteiger partial charge in [0.25, 0.3) is 0 Å². The molecule has 2 heterocycles. The molecule has 5 rings (SSSR count). The summed E-state index contributed by atoms with van der Waals surface area (Å²) in [5.74, 6) is 1.96. The molecule has 0 amide bonds. The Bertz CT molecular complexity index is 1570. The van der Waals surface area contributed by atoms with Gasteiger partial charge in [-0.2, -0.15) is 4.98 Å². The van der Waals surface area contributed by atoms with Gasteiger partial charge in [0.1, 0.15) is 11.4 Å². The normalized spacial score (nSPS) is 11.4. The number of benzene rings is 3. The third-order valence-electron chi connectivity index (χ3n) is 5.98. The maximum atomic E-state index is 12.9. The van der Waals surface area contributed by atoms with Crippen molar-refractivity contribution in [3.8, 4) is 17.5 Å². The molecule has 2 aromatic heterocycles. The number of pyridine rings is 1. The number of para-hydroxylation sites is 1. The fraction of sp³-hybridized carbons (Fsp3) is 0.167. The molecule has 3 aromatic carbocycles. The molecule has 0 bridgehead atoms. The number of nitrogens with one attached hydrogen (secondary N) is 2. The van der Waals surface area contributed by atoms with Crippen molar-refractivity contribution in [2.24, 2.45) is 0 Å². The van der Waals surface area contributed by atoms with Gasteiger partial charge in [-0.3, -0.25) is 4.79 Å². The van der Waals surface area contributed by atoms with Crippen molar-refractivity contribution >= 4 is 28.5 Å². The number of carbonyl (C=O) groups is 1. The average molecular weight is 493 g/mol. The highest BCUT2D eigenvalue weighted by Gasteiger charge is 2.21. The number of hydrogen-bond donors (Lipinski definition) is 2. The molecular formula is C30H28N4O3. The predicted molar refractivity (Wildman–Crippen MR) is 145 cm³/mol. The minimum atomic E-state index is -0.114. The van der Waals surface area contributed by atoms with Gasteiger partial charge in [-0.25, -0.2) is 4.98 Å². The van der Waals surface area contributed by atoms with Crippen LogP contribution >= 0.6 is 0 Å². The molecule has 2 N–H and O–H groups in total. The molecule has 0 saturated carbocycles. The summed E-state index contributed by atoms with van der Waals surface area (Å²) in [6.45, 7) is 6.41. The molecule has 7 nitrogen and oxygen atoms in total. The van der Waals surface area contributed by atoms with E-state index in [4.69, 9.17) is 9.47 Å². The van der Waals surface area contributed by atoms with E-state index in [9.17, 15) is 4.79 Å². The molecule has 0 saturated heterocycles. The van der Waals surface area contributed by atoms with Gasteiger partial charge in [-0.15, -0.1) is 0 Å². The van der Waals surface area contributed by atoms with Crippen LogP contribution < -0.4 is 14.8 Å². The van der Waals surface area contributed by atoms with E-state index >= 15 is 0 Å². The lowest BCUT2D eigenvalue weighted by molar-refractivity contribution is 0.103. The van der Waals surface area contributed by atoms with Gasteiger partial charge in [0.2, 0.25) is 17.7 Å². The fourth-order valence-corrected chi connectivity index (χ4v) is 4.08. The Kier molecular flexibility index (Phi) is 6.36. The Hall–Kier alpha value is -4.65. The number of H-pyrrole nitrogens is 1. The van der Waals surface area contributed by atoms with Crippen LogP contribution in [0.1, 0.15) is 42.3 Å². The lowest BCUT2D eigenvalue weighted by Crippen LogP contribution is -2.12. The second-order valence-electron chi connectivity index (χ2n) is 9.69. The summed E-state index contributed by atoms with van der Waals surface area (Å²) in [5.41, 5.74) is 4.26. The third-order valence-corrected chi connectivity index (χ3v) is 5.98. The number of aromatic nitrogens is 3. The molecule has 0 unspecified atom stereocenters. The lowest BCUT2D eigenvalue weighted by Gasteiger charge is -2.23. The summed E-state index contributed by atoms with van der Waals surface area (Å²) in [7, 11) is 1.57. The van der Waals surface area contributed by atoms with Crippen LogP contribution in [0, 0.1) is 0 Å². The summed E-state index contributed by atoms with van der Waals surface area (Å²) in [6, 6.07) is 26.1. The predicted octanol–water partition coefficient (Wildman–Crippen LogP) is 7.03. The monoisotopic (exact) mass is 492 g/mol. The summed E-state index contributed by atoms with van der Waals surface area (Å²) < 4.78 is 11.7. The van der Waals surface area contributed by atoms with Gasteiger partial charge >= 0.3 is 0 Å². The van der Waals surface area contributed by atoms with Crippen molar-refractivity contribution in [1.29, 1.82) is 0 Å². The van der Waals surface area contributed by atoms with Gasteiger partial charge in [0.15, 0.2) is 5.78 Å². The van der Waals surface area contributed by atoms with Crippen LogP contribution in [0.4, 0.5) is 11.6 Å². The number of hydrogen-bond acceptors (Lipinski definition) is 6. The third kappa shape index (κ3) is 5.16. The SMILES string of the molecule is COc1ccc(Nc2nc3ccc(C(=O)c4ccccc4)cc3[nH]2)c(Oc2ccccc2C(C)(C)C)n1.